The van der Waals surface area contributed by atoms with Crippen molar-refractivity contribution < 1.29 is 14.0 Å². The van der Waals surface area contributed by atoms with Crippen LogP contribution in [0.3, 0.4) is 0 Å². The molecule has 0 radical (unpaired) electrons. The Morgan fingerprint density at radius 3 is 2.53 bits per heavy atom. The van der Waals surface area contributed by atoms with Crippen LogP contribution in [-0.4, -0.2) is 19.4 Å². The van der Waals surface area contributed by atoms with Gasteiger partial charge in [-0.05, 0) is 26.0 Å². The number of hydrogen-bond donors (Lipinski definition) is 1. The zero-order valence-corrected chi connectivity index (χ0v) is 11.6. The molecule has 0 spiro atoms. The van der Waals surface area contributed by atoms with Gasteiger partial charge in [-0.2, -0.15) is 0 Å². The standard InChI is InChI=1S/C14H18N2O3/c1-8-12(17-3)6-5-10(13(8)18-4)14-11(7-15)9(2)16-19-14/h5-6H,7,15H2,1-4H3. The first-order chi connectivity index (χ1) is 9.13. The molecular formula is C14H18N2O3. The van der Waals surface area contributed by atoms with Crippen LogP contribution < -0.4 is 15.2 Å². The summed E-state index contributed by atoms with van der Waals surface area (Å²) >= 11 is 0. The van der Waals surface area contributed by atoms with E-state index in [2.05, 4.69) is 5.16 Å². The molecule has 2 aromatic rings. The molecule has 0 saturated carbocycles. The van der Waals surface area contributed by atoms with E-state index in [0.717, 1.165) is 28.1 Å². The van der Waals surface area contributed by atoms with Crippen molar-refractivity contribution in [3.05, 3.63) is 29.0 Å². The Morgan fingerprint density at radius 1 is 1.21 bits per heavy atom. The molecule has 0 fully saturated rings. The fourth-order valence-corrected chi connectivity index (χ4v) is 2.18. The SMILES string of the molecule is COc1ccc(-c2onc(C)c2CN)c(OC)c1C. The van der Waals surface area contributed by atoms with Crippen LogP contribution >= 0.6 is 0 Å². The third kappa shape index (κ3) is 2.17. The van der Waals surface area contributed by atoms with Gasteiger partial charge < -0.3 is 19.7 Å². The molecule has 0 amide bonds. The summed E-state index contributed by atoms with van der Waals surface area (Å²) in [5.74, 6) is 2.14. The van der Waals surface area contributed by atoms with Crippen molar-refractivity contribution in [1.29, 1.82) is 0 Å². The van der Waals surface area contributed by atoms with Crippen LogP contribution in [0.15, 0.2) is 16.7 Å². The van der Waals surface area contributed by atoms with Crippen LogP contribution in [0.2, 0.25) is 0 Å². The Balaban J connectivity index is 2.65. The Labute approximate surface area is 112 Å². The van der Waals surface area contributed by atoms with Crippen LogP contribution in [0.25, 0.3) is 11.3 Å². The molecule has 0 aliphatic heterocycles. The van der Waals surface area contributed by atoms with Crippen molar-refractivity contribution in [1.82, 2.24) is 5.16 Å². The second-order valence-electron chi connectivity index (χ2n) is 4.25. The summed E-state index contributed by atoms with van der Waals surface area (Å²) in [6.07, 6.45) is 0. The molecule has 5 heteroatoms. The molecule has 2 N–H and O–H groups in total. The van der Waals surface area contributed by atoms with Gasteiger partial charge in [0.05, 0.1) is 25.5 Å². The average Bonchev–Trinajstić information content (AvgIpc) is 2.79. The monoisotopic (exact) mass is 262 g/mol. The van der Waals surface area contributed by atoms with Gasteiger partial charge >= 0.3 is 0 Å². The number of rotatable bonds is 4. The van der Waals surface area contributed by atoms with Gasteiger partial charge in [0.15, 0.2) is 5.76 Å². The van der Waals surface area contributed by atoms with Crippen LogP contribution in [0.4, 0.5) is 0 Å². The molecule has 5 nitrogen and oxygen atoms in total. The minimum absolute atomic E-state index is 0.374. The molecule has 102 valence electrons. The van der Waals surface area contributed by atoms with E-state index in [-0.39, 0.29) is 0 Å². The lowest BCUT2D eigenvalue weighted by Crippen LogP contribution is -2.00. The second-order valence-corrected chi connectivity index (χ2v) is 4.25. The van der Waals surface area contributed by atoms with E-state index in [1.165, 1.54) is 0 Å². The zero-order valence-electron chi connectivity index (χ0n) is 11.6. The van der Waals surface area contributed by atoms with Gasteiger partial charge in [0.1, 0.15) is 11.5 Å². The van der Waals surface area contributed by atoms with E-state index in [1.54, 1.807) is 14.2 Å². The van der Waals surface area contributed by atoms with Gasteiger partial charge in [-0.25, -0.2) is 0 Å². The molecular weight excluding hydrogens is 244 g/mol. The Bertz CT molecular complexity index is 591. The van der Waals surface area contributed by atoms with Gasteiger partial charge in [0.25, 0.3) is 0 Å². The molecule has 1 aromatic carbocycles. The zero-order chi connectivity index (χ0) is 14.0. The van der Waals surface area contributed by atoms with Crippen molar-refractivity contribution in [3.63, 3.8) is 0 Å². The normalized spacial score (nSPS) is 10.6. The molecule has 2 rings (SSSR count). The van der Waals surface area contributed by atoms with Crippen LogP contribution in [-0.2, 0) is 6.54 Å². The third-order valence-corrected chi connectivity index (χ3v) is 3.21. The highest BCUT2D eigenvalue weighted by molar-refractivity contribution is 5.72. The Hall–Kier alpha value is -2.01. The van der Waals surface area contributed by atoms with Crippen LogP contribution in [0, 0.1) is 13.8 Å². The van der Waals surface area contributed by atoms with E-state index < -0.39 is 0 Å². The van der Waals surface area contributed by atoms with Crippen molar-refractivity contribution in [2.24, 2.45) is 5.73 Å². The third-order valence-electron chi connectivity index (χ3n) is 3.21. The molecule has 0 atom stereocenters. The van der Waals surface area contributed by atoms with Crippen LogP contribution in [0.5, 0.6) is 11.5 Å². The van der Waals surface area contributed by atoms with Crippen LogP contribution in [0.1, 0.15) is 16.8 Å². The summed E-state index contributed by atoms with van der Waals surface area (Å²) in [6, 6.07) is 3.77. The molecule has 0 bridgehead atoms. The summed E-state index contributed by atoms with van der Waals surface area (Å²) in [6.45, 7) is 4.18. The second kappa shape index (κ2) is 5.32. The minimum atomic E-state index is 0.374. The molecule has 0 aliphatic rings. The quantitative estimate of drug-likeness (QED) is 0.916. The number of benzene rings is 1. The maximum Gasteiger partial charge on any atom is 0.175 e. The molecule has 1 heterocycles. The Kier molecular flexibility index (Phi) is 3.76. The van der Waals surface area contributed by atoms with E-state index in [9.17, 15) is 0 Å². The highest BCUT2D eigenvalue weighted by Crippen LogP contribution is 2.39. The number of aryl methyl sites for hydroxylation is 1. The van der Waals surface area contributed by atoms with Crippen molar-refractivity contribution in [3.8, 4) is 22.8 Å². The highest BCUT2D eigenvalue weighted by Gasteiger charge is 2.20. The first-order valence-electron chi connectivity index (χ1n) is 6.01. The number of hydrogen-bond acceptors (Lipinski definition) is 5. The predicted molar refractivity (Wildman–Crippen MR) is 72.4 cm³/mol. The fourth-order valence-electron chi connectivity index (χ4n) is 2.18. The van der Waals surface area contributed by atoms with Gasteiger partial charge in [-0.3, -0.25) is 0 Å². The van der Waals surface area contributed by atoms with Gasteiger partial charge in [-0.1, -0.05) is 5.16 Å². The summed E-state index contributed by atoms with van der Waals surface area (Å²) in [5.41, 5.74) is 9.20. The molecule has 19 heavy (non-hydrogen) atoms. The van der Waals surface area contributed by atoms with Crippen molar-refractivity contribution >= 4 is 0 Å². The summed E-state index contributed by atoms with van der Waals surface area (Å²) in [5, 5.41) is 3.97. The number of nitrogens with zero attached hydrogens (tertiary/aromatic N) is 1. The van der Waals surface area contributed by atoms with Crippen molar-refractivity contribution in [2.45, 2.75) is 20.4 Å². The van der Waals surface area contributed by atoms with Gasteiger partial charge in [0, 0.05) is 17.7 Å². The van der Waals surface area contributed by atoms with E-state index in [1.807, 2.05) is 26.0 Å². The molecule has 0 saturated heterocycles. The lowest BCUT2D eigenvalue weighted by molar-refractivity contribution is 0.385. The highest BCUT2D eigenvalue weighted by atomic mass is 16.5. The van der Waals surface area contributed by atoms with E-state index in [0.29, 0.717) is 18.1 Å². The minimum Gasteiger partial charge on any atom is -0.496 e. The predicted octanol–water partition coefficient (Wildman–Crippen LogP) is 2.43. The number of ether oxygens (including phenoxy) is 2. The van der Waals surface area contributed by atoms with Gasteiger partial charge in [-0.15, -0.1) is 0 Å². The first kappa shape index (κ1) is 13.4. The van der Waals surface area contributed by atoms with E-state index >= 15 is 0 Å². The molecule has 0 aliphatic carbocycles. The number of nitrogens with two attached hydrogens (primary N) is 1. The largest absolute Gasteiger partial charge is 0.496 e. The lowest BCUT2D eigenvalue weighted by Gasteiger charge is -2.13. The van der Waals surface area contributed by atoms with Crippen molar-refractivity contribution in [2.75, 3.05) is 14.2 Å². The summed E-state index contributed by atoms with van der Waals surface area (Å²) < 4.78 is 16.2. The first-order valence-corrected chi connectivity index (χ1v) is 6.01. The number of methoxy groups -OCH3 is 2. The lowest BCUT2D eigenvalue weighted by atomic mass is 10.0. The smallest absolute Gasteiger partial charge is 0.175 e. The molecule has 0 unspecified atom stereocenters. The van der Waals surface area contributed by atoms with E-state index in [4.69, 9.17) is 19.7 Å². The molecule has 1 aromatic heterocycles. The summed E-state index contributed by atoms with van der Waals surface area (Å²) in [4.78, 5) is 0. The number of aromatic nitrogens is 1. The Morgan fingerprint density at radius 2 is 1.95 bits per heavy atom. The maximum absolute atomic E-state index is 5.75. The maximum atomic E-state index is 5.75. The summed E-state index contributed by atoms with van der Waals surface area (Å²) in [7, 11) is 3.25. The topological polar surface area (TPSA) is 70.5 Å². The van der Waals surface area contributed by atoms with Gasteiger partial charge in [0.2, 0.25) is 0 Å². The average molecular weight is 262 g/mol. The fraction of sp³-hybridized carbons (Fsp3) is 0.357.